The number of hydrogen-bond donors (Lipinski definition) is 0. The molecule has 0 atom stereocenters. The number of aromatic nitrogens is 12. The molecule has 22 aromatic carbocycles. The van der Waals surface area contributed by atoms with Crippen molar-refractivity contribution in [3.63, 3.8) is 0 Å². The van der Waals surface area contributed by atoms with Crippen LogP contribution in [0.1, 0.15) is 0 Å². The van der Waals surface area contributed by atoms with Crippen LogP contribution in [0.5, 0.6) is 0 Å². The molecule has 0 saturated carbocycles. The molecule has 28 aromatic rings. The van der Waals surface area contributed by atoms with Crippen molar-refractivity contribution in [2.45, 2.75) is 0 Å². The van der Waals surface area contributed by atoms with Gasteiger partial charge in [-0.05, 0) is 169 Å². The minimum atomic E-state index is 0.638. The van der Waals surface area contributed by atoms with Gasteiger partial charge in [-0.15, -0.1) is 0 Å². The lowest BCUT2D eigenvalue weighted by Crippen LogP contribution is -2.00. The van der Waals surface area contributed by atoms with Crippen LogP contribution in [0, 0.1) is 0 Å². The molecule has 12 heteroatoms. The first-order valence-corrected chi connectivity index (χ1v) is 50.3. The fourth-order valence-electron chi connectivity index (χ4n) is 20.9. The number of fused-ring (bicyclic) bond motifs is 12. The van der Waals surface area contributed by atoms with E-state index in [0.717, 1.165) is 165 Å². The van der Waals surface area contributed by atoms with E-state index in [1.807, 2.05) is 195 Å². The van der Waals surface area contributed by atoms with E-state index in [1.165, 1.54) is 60.5 Å². The van der Waals surface area contributed by atoms with E-state index in [0.29, 0.717) is 52.4 Å². The van der Waals surface area contributed by atoms with Gasteiger partial charge >= 0.3 is 0 Å². The normalized spacial score (nSPS) is 11.3. The van der Waals surface area contributed by atoms with Crippen LogP contribution in [0.4, 0.5) is 0 Å². The third-order valence-electron chi connectivity index (χ3n) is 28.2. The Labute approximate surface area is 865 Å². The average molecular weight is 1910 g/mol. The summed E-state index contributed by atoms with van der Waals surface area (Å²) in [6.45, 7) is 0. The van der Waals surface area contributed by atoms with Crippen molar-refractivity contribution in [1.82, 2.24) is 59.8 Å². The fourth-order valence-corrected chi connectivity index (χ4v) is 20.9. The molecule has 0 N–H and O–H groups in total. The van der Waals surface area contributed by atoms with Gasteiger partial charge in [0.05, 0.1) is 16.6 Å². The molecular formula is C138H88N12. The Morgan fingerprint density at radius 2 is 0.287 bits per heavy atom. The molecule has 150 heavy (non-hydrogen) atoms. The topological polar surface area (TPSA) is 155 Å². The number of pyridine rings is 3. The molecule has 0 saturated heterocycles. The van der Waals surface area contributed by atoms with E-state index < -0.39 is 0 Å². The second kappa shape index (κ2) is 39.8. The van der Waals surface area contributed by atoms with Crippen molar-refractivity contribution >= 4 is 97.3 Å². The zero-order valence-electron chi connectivity index (χ0n) is 81.2. The summed E-state index contributed by atoms with van der Waals surface area (Å²) in [6.07, 6.45) is 5.60. The van der Waals surface area contributed by atoms with Crippen molar-refractivity contribution < 1.29 is 0 Å². The summed E-state index contributed by atoms with van der Waals surface area (Å²) >= 11 is 0. The van der Waals surface area contributed by atoms with Gasteiger partial charge in [0.2, 0.25) is 0 Å². The Hall–Kier alpha value is -20.3. The van der Waals surface area contributed by atoms with E-state index in [-0.39, 0.29) is 0 Å². The maximum Gasteiger partial charge on any atom is 0.164 e. The number of hydrogen-bond acceptors (Lipinski definition) is 12. The lowest BCUT2D eigenvalue weighted by molar-refractivity contribution is 1.08. The van der Waals surface area contributed by atoms with Crippen LogP contribution < -0.4 is 0 Å². The second-order valence-electron chi connectivity index (χ2n) is 37.2. The molecule has 700 valence electrons. The minimum absolute atomic E-state index is 0.638. The van der Waals surface area contributed by atoms with E-state index in [4.69, 9.17) is 54.8 Å². The molecule has 6 heterocycles. The highest BCUT2D eigenvalue weighted by molar-refractivity contribution is 6.15. The Morgan fingerprint density at radius 3 is 0.580 bits per heavy atom. The van der Waals surface area contributed by atoms with Crippen LogP contribution >= 0.6 is 0 Å². The summed E-state index contributed by atoms with van der Waals surface area (Å²) in [5.41, 5.74) is 28.0. The number of nitrogens with zero attached hydrogens (tertiary/aromatic N) is 12. The second-order valence-corrected chi connectivity index (χ2v) is 37.2. The molecule has 0 radical (unpaired) electrons. The van der Waals surface area contributed by atoms with E-state index in [1.54, 1.807) is 0 Å². The highest BCUT2D eigenvalue weighted by Gasteiger charge is 2.24. The smallest absolute Gasteiger partial charge is 0.164 e. The van der Waals surface area contributed by atoms with Gasteiger partial charge in [-0.1, -0.05) is 473 Å². The molecule has 0 aliphatic carbocycles. The minimum Gasteiger partial charge on any atom is -0.256 e. The van der Waals surface area contributed by atoms with Crippen LogP contribution in [-0.2, 0) is 0 Å². The zero-order valence-corrected chi connectivity index (χ0v) is 81.2. The van der Waals surface area contributed by atoms with Crippen molar-refractivity contribution in [3.8, 4) is 180 Å². The molecule has 0 fully saturated rings. The molecule has 12 nitrogen and oxygen atoms in total. The first-order valence-electron chi connectivity index (χ1n) is 50.3. The van der Waals surface area contributed by atoms with Crippen molar-refractivity contribution in [2.75, 3.05) is 0 Å². The predicted molar refractivity (Wildman–Crippen MR) is 617 cm³/mol. The summed E-state index contributed by atoms with van der Waals surface area (Å²) in [5, 5.41) is 17.2. The first kappa shape index (κ1) is 89.7. The van der Waals surface area contributed by atoms with Gasteiger partial charge in [0.25, 0.3) is 0 Å². The van der Waals surface area contributed by atoms with Crippen LogP contribution in [-0.4, -0.2) is 59.8 Å². The van der Waals surface area contributed by atoms with Gasteiger partial charge in [0, 0.05) is 101 Å². The maximum atomic E-state index is 5.12. The molecule has 0 bridgehead atoms. The van der Waals surface area contributed by atoms with Crippen molar-refractivity contribution in [1.29, 1.82) is 0 Å². The zero-order chi connectivity index (χ0) is 99.6. The molecular weight excluding hydrogens is 1830 g/mol. The number of benzene rings is 22. The lowest BCUT2D eigenvalue weighted by Gasteiger charge is -2.14. The van der Waals surface area contributed by atoms with Crippen LogP contribution in [0.3, 0.4) is 0 Å². The summed E-state index contributed by atoms with van der Waals surface area (Å²) in [6, 6.07) is 180. The van der Waals surface area contributed by atoms with Crippen LogP contribution in [0.25, 0.3) is 278 Å². The lowest BCUT2D eigenvalue weighted by atomic mass is 9.91. The summed E-state index contributed by atoms with van der Waals surface area (Å²) in [7, 11) is 0. The van der Waals surface area contributed by atoms with Crippen molar-refractivity contribution in [2.24, 2.45) is 0 Å². The molecule has 0 unspecified atom stereocenters. The third-order valence-corrected chi connectivity index (χ3v) is 28.2. The van der Waals surface area contributed by atoms with E-state index >= 15 is 0 Å². The molecule has 0 amide bonds. The maximum absolute atomic E-state index is 5.12. The van der Waals surface area contributed by atoms with E-state index in [2.05, 4.69) is 345 Å². The monoisotopic (exact) mass is 1910 g/mol. The Morgan fingerprint density at radius 1 is 0.100 bits per heavy atom. The summed E-state index contributed by atoms with van der Waals surface area (Å²) in [5.74, 6) is 5.83. The summed E-state index contributed by atoms with van der Waals surface area (Å²) in [4.78, 5) is 59.1. The summed E-state index contributed by atoms with van der Waals surface area (Å²) < 4.78 is 0. The molecule has 0 spiro atoms. The Balaban J connectivity index is 0.000000114. The average Bonchev–Trinajstić information content (AvgIpc) is 0.764. The van der Waals surface area contributed by atoms with Gasteiger partial charge < -0.3 is 0 Å². The first-order chi connectivity index (χ1) is 74.4. The standard InChI is InChI=1S/C50H32N4.2C44H28N4/c1-3-11-33(12-4-1)34-20-26-39(27-21-34)49-52-48(38-13-5-2-6-14-38)53-50(54-49)46-31-30-41(42-16-7-8-17-43(42)46)36-24-22-35(23-25-36)40-18-9-19-45-44(40)29-28-37-15-10-32-51-47(37)45;1-3-12-30(13-4-1)42-46-43(31-14-5-2-6-15-31)48-44(47-42)40-26-25-35(36-19-7-8-20-37(36)40)33-17-9-16-32(28-33)34-21-10-22-39-38(34)24-23-29-18-11-27-45-41(29)39;1-3-11-32(12-4-1)42-46-43(33-13-5-2-6-14-33)48-44(47-42)40-27-26-35(36-16-7-8-17-37(36)40)30-22-20-29(21-23-30)34-18-9-19-39-38(34)25-24-31-15-10-28-45-41(31)39/h1-32H;2*1-28H. The van der Waals surface area contributed by atoms with Gasteiger partial charge in [-0.3, -0.25) is 15.0 Å². The van der Waals surface area contributed by atoms with Gasteiger partial charge in [0.15, 0.2) is 52.4 Å². The van der Waals surface area contributed by atoms with Crippen molar-refractivity contribution in [3.05, 3.63) is 534 Å². The largest absolute Gasteiger partial charge is 0.256 e. The van der Waals surface area contributed by atoms with Gasteiger partial charge in [0.1, 0.15) is 0 Å². The Bertz CT molecular complexity index is 9870. The van der Waals surface area contributed by atoms with Gasteiger partial charge in [-0.25, -0.2) is 44.9 Å². The highest BCUT2D eigenvalue weighted by Crippen LogP contribution is 2.45. The molecule has 6 aromatic heterocycles. The van der Waals surface area contributed by atoms with E-state index in [9.17, 15) is 0 Å². The predicted octanol–water partition coefficient (Wildman–Crippen LogP) is 34.9. The quantitative estimate of drug-likeness (QED) is 0.0846. The molecule has 28 rings (SSSR count). The third kappa shape index (κ3) is 17.5. The van der Waals surface area contributed by atoms with Crippen LogP contribution in [0.15, 0.2) is 534 Å². The Kier molecular flexibility index (Phi) is 23.8. The molecule has 0 aliphatic rings. The van der Waals surface area contributed by atoms with Gasteiger partial charge in [-0.2, -0.15) is 0 Å². The van der Waals surface area contributed by atoms with Crippen LogP contribution in [0.2, 0.25) is 0 Å². The molecule has 0 aliphatic heterocycles. The SMILES string of the molecule is c1ccc(-c2ccc(-c3nc(-c4ccccc4)nc(-c4ccc(-c5ccc(-c6cccc7c6ccc6cccnc67)cc5)c5ccccc45)n3)cc2)cc1.c1ccc(-c2nc(-c3ccccc3)nc(-c3ccc(-c4ccc(-c5cccc6c5ccc5cccnc56)cc4)c4ccccc34)n2)cc1.c1ccc(-c2nc(-c3ccccc3)nc(-c3ccc(-c4cccc(-c5cccc6c5ccc5cccnc56)c4)c4ccccc34)n2)cc1. The highest BCUT2D eigenvalue weighted by atomic mass is 15.1. The fraction of sp³-hybridized carbons (Fsp3) is 0. The number of rotatable bonds is 16.